The Labute approximate surface area is 244 Å². The molecule has 0 atom stereocenters. The smallest absolute Gasteiger partial charge is 0.410 e. The van der Waals surface area contributed by atoms with E-state index in [-0.39, 0.29) is 39.7 Å². The monoisotopic (exact) mass is 618 g/mol. The van der Waals surface area contributed by atoms with E-state index in [1.54, 1.807) is 29.2 Å². The normalized spacial score (nSPS) is 14.8. The molecule has 0 unspecified atom stereocenters. The lowest BCUT2D eigenvalue weighted by Gasteiger charge is -2.36. The number of rotatable bonds is 7. The van der Waals surface area contributed by atoms with Crippen molar-refractivity contribution < 1.29 is 22.7 Å². The molecule has 13 heteroatoms. The molecule has 1 aliphatic heterocycles. The minimum Gasteiger partial charge on any atom is -0.444 e. The fourth-order valence-electron chi connectivity index (χ4n) is 4.03. The number of carbonyl (C=O) groups excluding carboxylic acids is 2. The van der Waals surface area contributed by atoms with Crippen LogP contribution in [-0.2, 0) is 27.8 Å². The minimum atomic E-state index is -3.97. The zero-order valence-electron chi connectivity index (χ0n) is 22.3. The third-order valence-corrected chi connectivity index (χ3v) is 8.83. The van der Waals surface area contributed by atoms with Crippen LogP contribution in [0.25, 0.3) is 0 Å². The SMILES string of the molecule is CCS(=O)(=O)N(Cc1cccc(Cl)c1)C(=O)c1cc(Cl)c(CN2CCN(C(=O)OC(C)(C)C)CC2)c(Cl)c1N. The van der Waals surface area contributed by atoms with Gasteiger partial charge in [-0.3, -0.25) is 9.69 Å². The Hall–Kier alpha value is -2.24. The van der Waals surface area contributed by atoms with Gasteiger partial charge in [-0.1, -0.05) is 46.9 Å². The summed E-state index contributed by atoms with van der Waals surface area (Å²) in [6, 6.07) is 7.93. The zero-order valence-corrected chi connectivity index (χ0v) is 25.4. The standard InChI is InChI=1S/C26H33Cl3N4O5S/c1-5-39(36,37)33(15-17-7-6-8-18(27)13-17)24(34)19-14-21(28)20(22(29)23(19)30)16-31-9-11-32(12-10-31)25(35)38-26(2,3)4/h6-8,13-14H,5,9-12,15-16,30H2,1-4H3. The molecule has 1 heterocycles. The molecule has 39 heavy (non-hydrogen) atoms. The molecule has 0 radical (unpaired) electrons. The van der Waals surface area contributed by atoms with Gasteiger partial charge < -0.3 is 15.4 Å². The van der Waals surface area contributed by atoms with Crippen LogP contribution in [0.3, 0.4) is 0 Å². The number of anilines is 1. The van der Waals surface area contributed by atoms with Crippen LogP contribution in [0.4, 0.5) is 10.5 Å². The second-order valence-electron chi connectivity index (χ2n) is 10.2. The first-order valence-corrected chi connectivity index (χ1v) is 15.1. The molecule has 9 nitrogen and oxygen atoms in total. The number of nitrogen functional groups attached to an aromatic ring is 1. The highest BCUT2D eigenvalue weighted by Gasteiger charge is 2.31. The first-order chi connectivity index (χ1) is 18.1. The van der Waals surface area contributed by atoms with Crippen LogP contribution >= 0.6 is 34.8 Å². The Kier molecular flexibility index (Phi) is 10.0. The fraction of sp³-hybridized carbons (Fsp3) is 0.462. The third-order valence-electron chi connectivity index (χ3n) is 6.13. The van der Waals surface area contributed by atoms with Crippen LogP contribution in [0.1, 0.15) is 49.2 Å². The largest absolute Gasteiger partial charge is 0.444 e. The van der Waals surface area contributed by atoms with Gasteiger partial charge in [0.05, 0.1) is 28.6 Å². The van der Waals surface area contributed by atoms with Crippen molar-refractivity contribution in [1.82, 2.24) is 14.1 Å². The van der Waals surface area contributed by atoms with Crippen LogP contribution in [0.5, 0.6) is 0 Å². The highest BCUT2D eigenvalue weighted by molar-refractivity contribution is 7.89. The molecule has 1 aliphatic rings. The number of nitrogens with zero attached hydrogens (tertiary/aromatic N) is 3. The predicted molar refractivity (Wildman–Crippen MR) is 155 cm³/mol. The van der Waals surface area contributed by atoms with E-state index in [0.29, 0.717) is 48.9 Å². The summed E-state index contributed by atoms with van der Waals surface area (Å²) in [5.41, 5.74) is 6.58. The Morgan fingerprint density at radius 2 is 1.72 bits per heavy atom. The van der Waals surface area contributed by atoms with Gasteiger partial charge in [-0.05, 0) is 51.5 Å². The van der Waals surface area contributed by atoms with Crippen molar-refractivity contribution in [3.05, 3.63) is 62.1 Å². The molecular formula is C26H33Cl3N4O5S. The van der Waals surface area contributed by atoms with Crippen molar-refractivity contribution in [3.63, 3.8) is 0 Å². The number of sulfonamides is 1. The lowest BCUT2D eigenvalue weighted by molar-refractivity contribution is 0.0139. The predicted octanol–water partition coefficient (Wildman–Crippen LogP) is 5.27. The molecule has 0 bridgehead atoms. The topological polar surface area (TPSA) is 113 Å². The van der Waals surface area contributed by atoms with Crippen LogP contribution in [0.2, 0.25) is 15.1 Å². The second kappa shape index (κ2) is 12.5. The van der Waals surface area contributed by atoms with Gasteiger partial charge in [0, 0.05) is 48.3 Å². The van der Waals surface area contributed by atoms with Crippen LogP contribution in [0.15, 0.2) is 30.3 Å². The van der Waals surface area contributed by atoms with E-state index in [1.807, 2.05) is 20.8 Å². The number of piperazine rings is 1. The molecule has 3 rings (SSSR count). The second-order valence-corrected chi connectivity index (χ2v) is 13.6. The van der Waals surface area contributed by atoms with Crippen molar-refractivity contribution in [3.8, 4) is 0 Å². The van der Waals surface area contributed by atoms with Crippen molar-refractivity contribution in [2.75, 3.05) is 37.7 Å². The number of hydrogen-bond donors (Lipinski definition) is 1. The van der Waals surface area contributed by atoms with E-state index in [1.165, 1.54) is 13.0 Å². The molecule has 2 aromatic rings. The molecular weight excluding hydrogens is 587 g/mol. The molecule has 2 N–H and O–H groups in total. The maximum Gasteiger partial charge on any atom is 0.410 e. The van der Waals surface area contributed by atoms with Crippen molar-refractivity contribution >= 4 is 62.5 Å². The summed E-state index contributed by atoms with van der Waals surface area (Å²) in [5, 5.41) is 0.677. The minimum absolute atomic E-state index is 0.0594. The Balaban J connectivity index is 1.81. The van der Waals surface area contributed by atoms with Gasteiger partial charge in [0.15, 0.2) is 0 Å². The summed E-state index contributed by atoms with van der Waals surface area (Å²) < 4.78 is 32.0. The van der Waals surface area contributed by atoms with E-state index in [9.17, 15) is 18.0 Å². The Bertz CT molecular complexity index is 1340. The van der Waals surface area contributed by atoms with E-state index in [4.69, 9.17) is 45.3 Å². The summed E-state index contributed by atoms with van der Waals surface area (Å²) in [6.07, 6.45) is -0.366. The molecule has 0 spiro atoms. The van der Waals surface area contributed by atoms with E-state index in [2.05, 4.69) is 4.90 Å². The summed E-state index contributed by atoms with van der Waals surface area (Å²) in [7, 11) is -3.97. The number of halogens is 3. The van der Waals surface area contributed by atoms with Gasteiger partial charge in [0.2, 0.25) is 10.0 Å². The molecule has 2 amide bonds. The van der Waals surface area contributed by atoms with Gasteiger partial charge in [-0.15, -0.1) is 0 Å². The number of hydrogen-bond acceptors (Lipinski definition) is 7. The maximum absolute atomic E-state index is 13.5. The van der Waals surface area contributed by atoms with Gasteiger partial charge >= 0.3 is 6.09 Å². The van der Waals surface area contributed by atoms with Crippen molar-refractivity contribution in [1.29, 1.82) is 0 Å². The van der Waals surface area contributed by atoms with Gasteiger partial charge in [0.1, 0.15) is 5.60 Å². The molecule has 2 aromatic carbocycles. The number of carbonyl (C=O) groups is 2. The first kappa shape index (κ1) is 31.3. The molecule has 0 saturated carbocycles. The fourth-order valence-corrected chi connectivity index (χ4v) is 5.82. The molecule has 0 aliphatic carbocycles. The van der Waals surface area contributed by atoms with Gasteiger partial charge in [-0.25, -0.2) is 17.5 Å². The average molecular weight is 620 g/mol. The third kappa shape index (κ3) is 7.91. The summed E-state index contributed by atoms with van der Waals surface area (Å²) in [5.74, 6) is -1.13. The molecule has 1 fully saturated rings. The number of ether oxygens (including phenoxy) is 1. The highest BCUT2D eigenvalue weighted by Crippen LogP contribution is 2.35. The van der Waals surface area contributed by atoms with Gasteiger partial charge in [0.25, 0.3) is 5.91 Å². The summed E-state index contributed by atoms with van der Waals surface area (Å²) in [6.45, 7) is 9.03. The van der Waals surface area contributed by atoms with Crippen molar-refractivity contribution in [2.24, 2.45) is 0 Å². The lowest BCUT2D eigenvalue weighted by atomic mass is 10.1. The van der Waals surface area contributed by atoms with E-state index >= 15 is 0 Å². The molecule has 0 aromatic heterocycles. The first-order valence-electron chi connectivity index (χ1n) is 12.4. The number of amides is 2. The van der Waals surface area contributed by atoms with E-state index in [0.717, 1.165) is 4.31 Å². The van der Waals surface area contributed by atoms with Crippen LogP contribution in [0, 0.1) is 0 Å². The van der Waals surface area contributed by atoms with Crippen molar-refractivity contribution in [2.45, 2.75) is 46.4 Å². The Morgan fingerprint density at radius 1 is 1.08 bits per heavy atom. The van der Waals surface area contributed by atoms with Gasteiger partial charge in [-0.2, -0.15) is 0 Å². The number of nitrogens with two attached hydrogens (primary N) is 1. The zero-order chi connectivity index (χ0) is 29.1. The summed E-state index contributed by atoms with van der Waals surface area (Å²) >= 11 is 19.2. The summed E-state index contributed by atoms with van der Waals surface area (Å²) in [4.78, 5) is 29.6. The molecule has 1 saturated heterocycles. The molecule has 214 valence electrons. The average Bonchev–Trinajstić information content (AvgIpc) is 2.86. The van der Waals surface area contributed by atoms with Crippen LogP contribution < -0.4 is 5.73 Å². The van der Waals surface area contributed by atoms with E-state index < -0.39 is 21.5 Å². The maximum atomic E-state index is 13.5. The lowest BCUT2D eigenvalue weighted by Crippen LogP contribution is -2.49. The highest BCUT2D eigenvalue weighted by atomic mass is 35.5. The Morgan fingerprint density at radius 3 is 2.28 bits per heavy atom. The van der Waals surface area contributed by atoms with Crippen LogP contribution in [-0.4, -0.2) is 72.1 Å². The quantitative estimate of drug-likeness (QED) is 0.420. The number of benzene rings is 2.